The molecule has 0 saturated carbocycles. The van der Waals surface area contributed by atoms with Crippen LogP contribution in [0.1, 0.15) is 66.2 Å². The average molecular weight is 282 g/mol. The third kappa shape index (κ3) is 6.83. The Morgan fingerprint density at radius 3 is 2.00 bits per heavy atom. The maximum Gasteiger partial charge on any atom is 0.389 e. The summed E-state index contributed by atoms with van der Waals surface area (Å²) in [7, 11) is 0. The normalized spacial score (nSPS) is 14.3. The monoisotopic (exact) mass is 282 g/mol. The van der Waals surface area contributed by atoms with E-state index >= 15 is 0 Å². The second-order valence-corrected chi connectivity index (χ2v) is 5.09. The first-order valence-electron chi connectivity index (χ1n) is 6.99. The number of ether oxygens (including phenoxy) is 1. The molecular weight excluding hydrogens is 257 g/mol. The van der Waals surface area contributed by atoms with E-state index in [0.29, 0.717) is 19.3 Å². The minimum absolute atomic E-state index is 0.00103. The van der Waals surface area contributed by atoms with E-state index in [1.165, 1.54) is 0 Å². The molecule has 0 rings (SSSR count). The van der Waals surface area contributed by atoms with Gasteiger partial charge in [-0.2, -0.15) is 13.2 Å². The smallest absolute Gasteiger partial charge is 0.389 e. The molecule has 0 aromatic rings. The van der Waals surface area contributed by atoms with Crippen molar-refractivity contribution in [1.29, 1.82) is 0 Å². The van der Waals surface area contributed by atoms with E-state index in [-0.39, 0.29) is 24.7 Å². The fourth-order valence-electron chi connectivity index (χ4n) is 1.89. The summed E-state index contributed by atoms with van der Waals surface area (Å²) in [6, 6.07) is 0. The highest BCUT2D eigenvalue weighted by Gasteiger charge is 2.34. The molecule has 0 heterocycles. The van der Waals surface area contributed by atoms with Crippen molar-refractivity contribution in [2.45, 2.75) is 78.0 Å². The number of carbonyl (C=O) groups is 1. The van der Waals surface area contributed by atoms with Gasteiger partial charge in [-0.1, -0.05) is 27.7 Å². The number of hydrogen-bond donors (Lipinski definition) is 0. The minimum atomic E-state index is -4.14. The maximum absolute atomic E-state index is 12.2. The molecule has 0 N–H and O–H groups in total. The van der Waals surface area contributed by atoms with Gasteiger partial charge in [0.15, 0.2) is 0 Å². The van der Waals surface area contributed by atoms with Crippen molar-refractivity contribution in [3.8, 4) is 0 Å². The van der Waals surface area contributed by atoms with Gasteiger partial charge in [0.2, 0.25) is 0 Å². The van der Waals surface area contributed by atoms with Gasteiger partial charge < -0.3 is 4.74 Å². The molecule has 0 bridgehead atoms. The number of rotatable bonds is 8. The molecule has 0 aliphatic heterocycles. The topological polar surface area (TPSA) is 26.3 Å². The van der Waals surface area contributed by atoms with Crippen molar-refractivity contribution in [3.63, 3.8) is 0 Å². The third-order valence-corrected chi connectivity index (χ3v) is 3.71. The van der Waals surface area contributed by atoms with Gasteiger partial charge in [-0.15, -0.1) is 0 Å². The molecule has 114 valence electrons. The lowest BCUT2D eigenvalue weighted by Crippen LogP contribution is -2.36. The van der Waals surface area contributed by atoms with E-state index in [9.17, 15) is 18.0 Å². The predicted molar refractivity (Wildman–Crippen MR) is 68.8 cm³/mol. The second-order valence-electron chi connectivity index (χ2n) is 5.09. The molecular formula is C14H25F3O2. The standard InChI is InChI=1S/C14H25F3O2/c1-5-11(4)12(18)19-13(6-2,7-3)9-8-10-14(15,16)17/h11H,5-10H2,1-4H3. The van der Waals surface area contributed by atoms with Crippen LogP contribution >= 0.6 is 0 Å². The molecule has 0 radical (unpaired) electrons. The molecule has 2 nitrogen and oxygen atoms in total. The van der Waals surface area contributed by atoms with Crippen LogP contribution in [0.3, 0.4) is 0 Å². The lowest BCUT2D eigenvalue weighted by atomic mass is 9.90. The van der Waals surface area contributed by atoms with Gasteiger partial charge in [-0.3, -0.25) is 4.79 Å². The Morgan fingerprint density at radius 1 is 1.11 bits per heavy atom. The molecule has 0 aromatic carbocycles. The molecule has 0 fully saturated rings. The molecule has 19 heavy (non-hydrogen) atoms. The van der Waals surface area contributed by atoms with E-state index in [2.05, 4.69) is 0 Å². The highest BCUT2D eigenvalue weighted by Crippen LogP contribution is 2.31. The van der Waals surface area contributed by atoms with Crippen molar-refractivity contribution in [1.82, 2.24) is 0 Å². The average Bonchev–Trinajstić information content (AvgIpc) is 2.34. The summed E-state index contributed by atoms with van der Waals surface area (Å²) in [4.78, 5) is 11.8. The van der Waals surface area contributed by atoms with Crippen molar-refractivity contribution in [2.24, 2.45) is 5.92 Å². The Morgan fingerprint density at radius 2 is 1.63 bits per heavy atom. The SMILES string of the molecule is CCC(C)C(=O)OC(CC)(CC)CCCC(F)(F)F. The Kier molecular flexibility index (Phi) is 7.45. The Balaban J connectivity index is 4.54. The number of carbonyl (C=O) groups excluding carboxylic acids is 1. The van der Waals surface area contributed by atoms with Crippen molar-refractivity contribution >= 4 is 5.97 Å². The first-order chi connectivity index (χ1) is 8.69. The number of hydrogen-bond acceptors (Lipinski definition) is 2. The maximum atomic E-state index is 12.2. The molecule has 0 spiro atoms. The summed E-state index contributed by atoms with van der Waals surface area (Å²) in [5.41, 5.74) is -0.744. The molecule has 0 aliphatic rings. The van der Waals surface area contributed by atoms with Crippen LogP contribution in [0.15, 0.2) is 0 Å². The Bertz CT molecular complexity index is 270. The van der Waals surface area contributed by atoms with Crippen molar-refractivity contribution < 1.29 is 22.7 Å². The summed E-state index contributed by atoms with van der Waals surface area (Å²) in [6.07, 6.45) is -2.94. The summed E-state index contributed by atoms with van der Waals surface area (Å²) >= 11 is 0. The van der Waals surface area contributed by atoms with Gasteiger partial charge >= 0.3 is 12.1 Å². The fraction of sp³-hybridized carbons (Fsp3) is 0.929. The summed E-state index contributed by atoms with van der Waals surface area (Å²) in [5, 5.41) is 0. The largest absolute Gasteiger partial charge is 0.459 e. The van der Waals surface area contributed by atoms with Crippen LogP contribution in [0, 0.1) is 5.92 Å². The zero-order chi connectivity index (χ0) is 15.1. The Labute approximate surface area is 113 Å². The predicted octanol–water partition coefficient (Wildman–Crippen LogP) is 4.87. The van der Waals surface area contributed by atoms with Gasteiger partial charge in [0.1, 0.15) is 5.60 Å². The van der Waals surface area contributed by atoms with E-state index in [1.54, 1.807) is 6.92 Å². The van der Waals surface area contributed by atoms with Crippen LogP contribution in [-0.2, 0) is 9.53 Å². The summed E-state index contributed by atoms with van der Waals surface area (Å²) < 4.78 is 42.0. The van der Waals surface area contributed by atoms with Gasteiger partial charge in [0.05, 0.1) is 5.92 Å². The summed E-state index contributed by atoms with van der Waals surface area (Å²) in [6.45, 7) is 7.35. The molecule has 0 aliphatic carbocycles. The molecule has 1 unspecified atom stereocenters. The van der Waals surface area contributed by atoms with E-state index < -0.39 is 18.2 Å². The van der Waals surface area contributed by atoms with Crippen molar-refractivity contribution in [3.05, 3.63) is 0 Å². The van der Waals surface area contributed by atoms with E-state index in [4.69, 9.17) is 4.74 Å². The van der Waals surface area contributed by atoms with Crippen LogP contribution in [0.2, 0.25) is 0 Å². The van der Waals surface area contributed by atoms with Crippen LogP contribution in [-0.4, -0.2) is 17.7 Å². The number of halogens is 3. The first-order valence-corrected chi connectivity index (χ1v) is 6.99. The highest BCUT2D eigenvalue weighted by molar-refractivity contribution is 5.72. The van der Waals surface area contributed by atoms with E-state index in [1.807, 2.05) is 20.8 Å². The van der Waals surface area contributed by atoms with Crippen LogP contribution in [0.25, 0.3) is 0 Å². The van der Waals surface area contributed by atoms with Crippen LogP contribution < -0.4 is 0 Å². The fourth-order valence-corrected chi connectivity index (χ4v) is 1.89. The zero-order valence-corrected chi connectivity index (χ0v) is 12.3. The second kappa shape index (κ2) is 7.75. The summed E-state index contributed by atoms with van der Waals surface area (Å²) in [5.74, 6) is -0.515. The zero-order valence-electron chi connectivity index (χ0n) is 12.3. The number of esters is 1. The molecule has 0 saturated heterocycles. The number of alkyl halides is 3. The van der Waals surface area contributed by atoms with Crippen molar-refractivity contribution in [2.75, 3.05) is 0 Å². The lowest BCUT2D eigenvalue weighted by Gasteiger charge is -2.33. The third-order valence-electron chi connectivity index (χ3n) is 3.71. The highest BCUT2D eigenvalue weighted by atomic mass is 19.4. The molecule has 5 heteroatoms. The molecule has 0 aromatic heterocycles. The van der Waals surface area contributed by atoms with Gasteiger partial charge in [0, 0.05) is 6.42 Å². The first kappa shape index (κ1) is 18.3. The minimum Gasteiger partial charge on any atom is -0.459 e. The molecule has 1 atom stereocenters. The Hall–Kier alpha value is -0.740. The van der Waals surface area contributed by atoms with Gasteiger partial charge in [-0.25, -0.2) is 0 Å². The van der Waals surface area contributed by atoms with E-state index in [0.717, 1.165) is 0 Å². The lowest BCUT2D eigenvalue weighted by molar-refractivity contribution is -0.168. The molecule has 0 amide bonds. The van der Waals surface area contributed by atoms with Crippen LogP contribution in [0.4, 0.5) is 13.2 Å². The quantitative estimate of drug-likeness (QED) is 0.594. The van der Waals surface area contributed by atoms with Gasteiger partial charge in [0.25, 0.3) is 0 Å². The van der Waals surface area contributed by atoms with Gasteiger partial charge in [-0.05, 0) is 32.1 Å². The van der Waals surface area contributed by atoms with Crippen LogP contribution in [0.5, 0.6) is 0 Å².